The van der Waals surface area contributed by atoms with Gasteiger partial charge in [0.05, 0.1) is 26.0 Å². The van der Waals surface area contributed by atoms with Crippen molar-refractivity contribution in [3.05, 3.63) is 52.1 Å². The molecule has 3 rings (SSSR count). The summed E-state index contributed by atoms with van der Waals surface area (Å²) in [6.45, 7) is 9.36. The van der Waals surface area contributed by atoms with Gasteiger partial charge in [0.15, 0.2) is 5.60 Å². The molecule has 1 aliphatic rings. The number of carbonyl (C=O) groups is 1. The molecule has 0 unspecified atom stereocenters. The number of hydrogen-bond donors (Lipinski definition) is 2. The Bertz CT molecular complexity index is 1150. The van der Waals surface area contributed by atoms with Crippen molar-refractivity contribution < 1.29 is 32.2 Å². The van der Waals surface area contributed by atoms with Crippen molar-refractivity contribution >= 4 is 16.0 Å². The molecule has 0 bridgehead atoms. The molecule has 182 valence electrons. The second kappa shape index (κ2) is 9.32. The third kappa shape index (κ3) is 6.25. The van der Waals surface area contributed by atoms with Crippen molar-refractivity contribution in [3.63, 3.8) is 0 Å². The third-order valence-corrected chi connectivity index (χ3v) is 6.60. The first-order chi connectivity index (χ1) is 15.0. The maximum absolute atomic E-state index is 12.6. The molecule has 0 aliphatic carbocycles. The number of phenols is 1. The first-order valence-electron chi connectivity index (χ1n) is 10.6. The number of carbonyl (C=O) groups excluding carboxylic acids is 1. The summed E-state index contributed by atoms with van der Waals surface area (Å²) in [4.78, 5) is 12.4. The van der Waals surface area contributed by atoms with Crippen molar-refractivity contribution in [2.24, 2.45) is 0 Å². The zero-order valence-electron chi connectivity index (χ0n) is 20.6. The second-order valence-electron chi connectivity index (χ2n) is 9.58. The van der Waals surface area contributed by atoms with Gasteiger partial charge in [0, 0.05) is 12.0 Å². The van der Waals surface area contributed by atoms with Crippen LogP contribution in [0.4, 0.5) is 0 Å². The number of ether oxygens (including phenoxy) is 1. The minimum atomic E-state index is -4.27. The molecule has 0 saturated carbocycles. The quantitative estimate of drug-likeness (QED) is 0.398. The van der Waals surface area contributed by atoms with Crippen molar-refractivity contribution in [1.29, 1.82) is 0 Å². The van der Waals surface area contributed by atoms with Crippen LogP contribution in [0, 0.1) is 27.7 Å². The molecule has 0 fully saturated rings. The zero-order chi connectivity index (χ0) is 25.4. The number of hydrogen-bond acceptors (Lipinski definition) is 6. The number of nitrogens with zero attached hydrogens (tertiary/aromatic N) is 1. The lowest BCUT2D eigenvalue weighted by Crippen LogP contribution is -2.60. The number of aryl methyl sites for hydroxylation is 1. The Balaban J connectivity index is 0.000000294. The molecule has 0 radical (unpaired) electrons. The Hall–Kier alpha value is -2.62. The lowest BCUT2D eigenvalue weighted by atomic mass is 9.87. The van der Waals surface area contributed by atoms with Gasteiger partial charge in [0.2, 0.25) is 0 Å². The number of fused-ring (bicyclic) bond motifs is 1. The minimum Gasteiger partial charge on any atom is -0.744 e. The number of quaternary nitrogens is 1. The fourth-order valence-corrected chi connectivity index (χ4v) is 4.00. The highest BCUT2D eigenvalue weighted by molar-refractivity contribution is 7.85. The average Bonchev–Trinajstić information content (AvgIpc) is 2.69. The lowest BCUT2D eigenvalue weighted by molar-refractivity contribution is -0.906. The van der Waals surface area contributed by atoms with Crippen molar-refractivity contribution in [1.82, 2.24) is 5.43 Å². The molecule has 2 N–H and O–H groups in total. The van der Waals surface area contributed by atoms with Crippen LogP contribution in [0.25, 0.3) is 0 Å². The molecule has 9 heteroatoms. The molecule has 1 heterocycles. The topological polar surface area (TPSA) is 116 Å². The third-order valence-electron chi connectivity index (χ3n) is 5.75. The number of aromatic hydroxyl groups is 1. The van der Waals surface area contributed by atoms with E-state index in [1.54, 1.807) is 12.1 Å². The minimum absolute atomic E-state index is 0.117. The Morgan fingerprint density at radius 2 is 1.61 bits per heavy atom. The monoisotopic (exact) mass is 478 g/mol. The predicted octanol–water partition coefficient (Wildman–Crippen LogP) is 3.04. The first-order valence-corrected chi connectivity index (χ1v) is 12.0. The molecule has 0 saturated heterocycles. The second-order valence-corrected chi connectivity index (χ2v) is 11.0. The summed E-state index contributed by atoms with van der Waals surface area (Å²) in [5, 5.41) is 10.2. The fourth-order valence-electron chi connectivity index (χ4n) is 3.54. The number of benzene rings is 2. The van der Waals surface area contributed by atoms with E-state index in [0.717, 1.165) is 40.0 Å². The van der Waals surface area contributed by atoms with Crippen LogP contribution >= 0.6 is 0 Å². The van der Waals surface area contributed by atoms with Gasteiger partial charge in [-0.2, -0.15) is 5.43 Å². The van der Waals surface area contributed by atoms with Crippen LogP contribution < -0.4 is 10.2 Å². The molecular weight excluding hydrogens is 444 g/mol. The maximum atomic E-state index is 12.6. The maximum Gasteiger partial charge on any atom is 0.308 e. The highest BCUT2D eigenvalue weighted by Gasteiger charge is 2.42. The molecule has 33 heavy (non-hydrogen) atoms. The van der Waals surface area contributed by atoms with Gasteiger partial charge >= 0.3 is 5.91 Å². The molecule has 1 amide bonds. The Morgan fingerprint density at radius 3 is 2.09 bits per heavy atom. The number of nitrogens with one attached hydrogen (secondary N) is 1. The van der Waals surface area contributed by atoms with Gasteiger partial charge in [0.1, 0.15) is 21.6 Å². The largest absolute Gasteiger partial charge is 0.744 e. The van der Waals surface area contributed by atoms with Gasteiger partial charge < -0.3 is 14.4 Å². The standard InChI is InChI=1S/C17H26N2O3.C7H8O3S/c1-10-11(2)15-13(12(3)14(10)20)8-9-17(4,22-15)16(21)18-19(5,6)7;1-6-2-4-7(5-3-6)11(8,9)10/h8-9H2,1-7H3,(H-,18,20,21);2-5H,1H3,(H,8,9,10)/t17-;/m0./s1. The van der Waals surface area contributed by atoms with E-state index in [9.17, 15) is 22.9 Å². The van der Waals surface area contributed by atoms with E-state index in [1.165, 1.54) is 12.1 Å². The van der Waals surface area contributed by atoms with E-state index in [2.05, 4.69) is 5.43 Å². The van der Waals surface area contributed by atoms with Gasteiger partial charge in [-0.25, -0.2) is 13.0 Å². The average molecular weight is 479 g/mol. The van der Waals surface area contributed by atoms with E-state index in [4.69, 9.17) is 4.74 Å². The van der Waals surface area contributed by atoms with E-state index in [-0.39, 0.29) is 10.8 Å². The fraction of sp³-hybridized carbons (Fsp3) is 0.458. The van der Waals surface area contributed by atoms with Crippen molar-refractivity contribution in [3.8, 4) is 11.5 Å². The Labute approximate surface area is 196 Å². The molecule has 8 nitrogen and oxygen atoms in total. The Kier molecular flexibility index (Phi) is 7.52. The van der Waals surface area contributed by atoms with Gasteiger partial charge in [-0.15, -0.1) is 0 Å². The van der Waals surface area contributed by atoms with E-state index < -0.39 is 15.7 Å². The SMILES string of the molecule is Cc1c(C)c2c(c(C)c1O)CC[C@@](C)(C(=O)N[N+](C)(C)C)O2.Cc1ccc(S(=O)(=O)[O-])cc1. The molecule has 2 aromatic rings. The van der Waals surface area contributed by atoms with Crippen LogP contribution in [-0.2, 0) is 21.3 Å². The summed E-state index contributed by atoms with van der Waals surface area (Å²) in [5.41, 5.74) is 6.56. The van der Waals surface area contributed by atoms with E-state index in [1.807, 2.05) is 55.8 Å². The van der Waals surface area contributed by atoms with E-state index >= 15 is 0 Å². The van der Waals surface area contributed by atoms with Crippen LogP contribution in [-0.4, -0.2) is 55.3 Å². The van der Waals surface area contributed by atoms with Crippen LogP contribution in [0.2, 0.25) is 0 Å². The molecule has 2 aromatic carbocycles. The summed E-state index contributed by atoms with van der Waals surface area (Å²) >= 11 is 0. The highest BCUT2D eigenvalue weighted by atomic mass is 32.2. The van der Waals surface area contributed by atoms with Crippen LogP contribution in [0.3, 0.4) is 0 Å². The summed E-state index contributed by atoms with van der Waals surface area (Å²) in [5.74, 6) is 0.964. The number of phenolic OH excluding ortho intramolecular Hbond substituents is 1. The van der Waals surface area contributed by atoms with Gasteiger partial charge in [-0.3, -0.25) is 4.79 Å². The van der Waals surface area contributed by atoms with Crippen molar-refractivity contribution in [2.45, 2.75) is 58.0 Å². The lowest BCUT2D eigenvalue weighted by Gasteiger charge is -2.38. The van der Waals surface area contributed by atoms with E-state index in [0.29, 0.717) is 16.8 Å². The molecule has 1 aliphatic heterocycles. The number of rotatable bonds is 3. The van der Waals surface area contributed by atoms with Gasteiger partial charge in [-0.1, -0.05) is 17.7 Å². The normalized spacial score (nSPS) is 17.8. The zero-order valence-corrected chi connectivity index (χ0v) is 21.4. The highest BCUT2D eigenvalue weighted by Crippen LogP contribution is 2.43. The molecule has 1 atom stereocenters. The summed E-state index contributed by atoms with van der Waals surface area (Å²) in [6.07, 6.45) is 1.31. The molecule has 0 aromatic heterocycles. The molecule has 0 spiro atoms. The van der Waals surface area contributed by atoms with Crippen molar-refractivity contribution in [2.75, 3.05) is 21.1 Å². The van der Waals surface area contributed by atoms with Crippen LogP contribution in [0.5, 0.6) is 11.5 Å². The van der Waals surface area contributed by atoms with Gasteiger partial charge in [-0.05, 0) is 69.9 Å². The van der Waals surface area contributed by atoms with Gasteiger partial charge in [0.25, 0.3) is 0 Å². The molecular formula is C24H34N2O6S. The smallest absolute Gasteiger partial charge is 0.308 e. The van der Waals surface area contributed by atoms with Crippen LogP contribution in [0.15, 0.2) is 29.2 Å². The van der Waals surface area contributed by atoms with Crippen LogP contribution in [0.1, 0.15) is 41.2 Å². The number of amides is 1. The summed E-state index contributed by atoms with van der Waals surface area (Å²) in [7, 11) is 1.43. The summed E-state index contributed by atoms with van der Waals surface area (Å²) < 4.78 is 37.7. The predicted molar refractivity (Wildman–Crippen MR) is 125 cm³/mol. The first kappa shape index (κ1) is 26.6. The summed E-state index contributed by atoms with van der Waals surface area (Å²) in [6, 6.07) is 5.78. The Morgan fingerprint density at radius 1 is 1.06 bits per heavy atom.